The molecule has 1 fully saturated rings. The standard InChI is InChI=1S/C14H18ClN3/c1-2-13(18-7-3-4-8-18)14-16-11-6-5-10(15)9-12(11)17-14/h5-6,9,13H,2-4,7-8H2,1H3,(H,16,17). The minimum absolute atomic E-state index is 0.415. The van der Waals surface area contributed by atoms with Crippen molar-refractivity contribution in [3.63, 3.8) is 0 Å². The molecule has 1 aliphatic heterocycles. The van der Waals surface area contributed by atoms with Gasteiger partial charge in [0, 0.05) is 5.02 Å². The first kappa shape index (κ1) is 12.0. The molecule has 0 bridgehead atoms. The fraction of sp³-hybridized carbons (Fsp3) is 0.500. The fourth-order valence-electron chi connectivity index (χ4n) is 2.84. The number of hydrogen-bond acceptors (Lipinski definition) is 2. The lowest BCUT2D eigenvalue weighted by molar-refractivity contribution is 0.231. The molecule has 96 valence electrons. The number of fused-ring (bicyclic) bond motifs is 1. The van der Waals surface area contributed by atoms with Gasteiger partial charge in [0.25, 0.3) is 0 Å². The first-order chi connectivity index (χ1) is 8.78. The third-order valence-corrected chi connectivity index (χ3v) is 3.98. The van der Waals surface area contributed by atoms with Crippen LogP contribution < -0.4 is 0 Å². The van der Waals surface area contributed by atoms with Gasteiger partial charge in [-0.1, -0.05) is 18.5 Å². The number of H-pyrrole nitrogens is 1. The van der Waals surface area contributed by atoms with E-state index in [0.29, 0.717) is 6.04 Å². The number of likely N-dealkylation sites (tertiary alicyclic amines) is 1. The highest BCUT2D eigenvalue weighted by Gasteiger charge is 2.24. The number of aromatic amines is 1. The SMILES string of the molecule is CCC(c1nc2ccc(Cl)cc2[nH]1)N1CCCC1. The molecule has 18 heavy (non-hydrogen) atoms. The lowest BCUT2D eigenvalue weighted by atomic mass is 10.2. The predicted molar refractivity (Wildman–Crippen MR) is 74.9 cm³/mol. The summed E-state index contributed by atoms with van der Waals surface area (Å²) < 4.78 is 0. The summed E-state index contributed by atoms with van der Waals surface area (Å²) in [6.07, 6.45) is 3.71. The second-order valence-electron chi connectivity index (χ2n) is 4.95. The van der Waals surface area contributed by atoms with Gasteiger partial charge in [0.05, 0.1) is 17.1 Å². The van der Waals surface area contributed by atoms with E-state index in [0.717, 1.165) is 28.3 Å². The first-order valence-corrected chi connectivity index (χ1v) is 7.05. The van der Waals surface area contributed by atoms with Crippen molar-refractivity contribution in [2.45, 2.75) is 32.2 Å². The highest BCUT2D eigenvalue weighted by atomic mass is 35.5. The highest BCUT2D eigenvalue weighted by Crippen LogP contribution is 2.28. The highest BCUT2D eigenvalue weighted by molar-refractivity contribution is 6.31. The molecule has 3 rings (SSSR count). The van der Waals surface area contributed by atoms with Crippen LogP contribution in [0.25, 0.3) is 11.0 Å². The Bertz CT molecular complexity index is 543. The number of imidazole rings is 1. The average molecular weight is 264 g/mol. The summed E-state index contributed by atoms with van der Waals surface area (Å²) in [5.41, 5.74) is 2.04. The van der Waals surface area contributed by atoms with Crippen molar-refractivity contribution in [3.8, 4) is 0 Å². The molecule has 0 radical (unpaired) electrons. The van der Waals surface area contributed by atoms with E-state index >= 15 is 0 Å². The van der Waals surface area contributed by atoms with Gasteiger partial charge >= 0.3 is 0 Å². The third-order valence-electron chi connectivity index (χ3n) is 3.75. The zero-order valence-corrected chi connectivity index (χ0v) is 11.4. The first-order valence-electron chi connectivity index (χ1n) is 6.67. The molecule has 1 saturated heterocycles. The fourth-order valence-corrected chi connectivity index (χ4v) is 3.01. The molecule has 1 N–H and O–H groups in total. The Kier molecular flexibility index (Phi) is 3.27. The molecule has 1 aromatic heterocycles. The maximum atomic E-state index is 6.01. The third kappa shape index (κ3) is 2.13. The van der Waals surface area contributed by atoms with E-state index in [1.54, 1.807) is 0 Å². The molecule has 0 spiro atoms. The second kappa shape index (κ2) is 4.90. The largest absolute Gasteiger partial charge is 0.341 e. The summed E-state index contributed by atoms with van der Waals surface area (Å²) in [4.78, 5) is 10.7. The molecule has 2 heterocycles. The van der Waals surface area contributed by atoms with Gasteiger partial charge in [-0.25, -0.2) is 4.98 Å². The Hall–Kier alpha value is -1.06. The van der Waals surface area contributed by atoms with E-state index < -0.39 is 0 Å². The van der Waals surface area contributed by atoms with Gasteiger partial charge in [0.1, 0.15) is 5.82 Å². The van der Waals surface area contributed by atoms with Gasteiger partial charge in [-0.05, 0) is 50.6 Å². The summed E-state index contributed by atoms with van der Waals surface area (Å²) in [7, 11) is 0. The van der Waals surface area contributed by atoms with E-state index in [4.69, 9.17) is 16.6 Å². The summed E-state index contributed by atoms with van der Waals surface area (Å²) in [5.74, 6) is 1.08. The van der Waals surface area contributed by atoms with Crippen molar-refractivity contribution in [1.29, 1.82) is 0 Å². The molecule has 1 atom stereocenters. The number of nitrogens with zero attached hydrogens (tertiary/aromatic N) is 2. The molecule has 1 aliphatic rings. The van der Waals surface area contributed by atoms with Crippen LogP contribution in [-0.2, 0) is 0 Å². The van der Waals surface area contributed by atoms with Crippen LogP contribution in [-0.4, -0.2) is 28.0 Å². The van der Waals surface area contributed by atoms with Crippen LogP contribution in [0, 0.1) is 0 Å². The van der Waals surface area contributed by atoms with Gasteiger partial charge in [-0.3, -0.25) is 4.90 Å². The molecule has 2 aromatic rings. The van der Waals surface area contributed by atoms with Crippen LogP contribution in [0.1, 0.15) is 38.1 Å². The topological polar surface area (TPSA) is 31.9 Å². The Morgan fingerprint density at radius 1 is 1.39 bits per heavy atom. The lowest BCUT2D eigenvalue weighted by Gasteiger charge is -2.24. The van der Waals surface area contributed by atoms with Gasteiger partial charge in [-0.15, -0.1) is 0 Å². The summed E-state index contributed by atoms with van der Waals surface area (Å²) >= 11 is 6.01. The number of rotatable bonds is 3. The quantitative estimate of drug-likeness (QED) is 0.914. The summed E-state index contributed by atoms with van der Waals surface area (Å²) in [6, 6.07) is 6.24. The zero-order chi connectivity index (χ0) is 12.5. The summed E-state index contributed by atoms with van der Waals surface area (Å²) in [6.45, 7) is 4.61. The van der Waals surface area contributed by atoms with E-state index in [2.05, 4.69) is 16.8 Å². The maximum absolute atomic E-state index is 6.01. The molecule has 4 heteroatoms. The number of hydrogen-bond donors (Lipinski definition) is 1. The van der Waals surface area contributed by atoms with Crippen molar-refractivity contribution >= 4 is 22.6 Å². The average Bonchev–Trinajstić information content (AvgIpc) is 2.98. The van der Waals surface area contributed by atoms with Crippen molar-refractivity contribution in [3.05, 3.63) is 29.0 Å². The van der Waals surface area contributed by atoms with Crippen LogP contribution in [0.15, 0.2) is 18.2 Å². The Morgan fingerprint density at radius 3 is 2.89 bits per heavy atom. The molecule has 0 amide bonds. The van der Waals surface area contributed by atoms with Crippen LogP contribution in [0.3, 0.4) is 0 Å². The van der Waals surface area contributed by atoms with Crippen molar-refractivity contribution in [2.24, 2.45) is 0 Å². The number of benzene rings is 1. The molecule has 0 aliphatic carbocycles. The van der Waals surface area contributed by atoms with Crippen molar-refractivity contribution < 1.29 is 0 Å². The predicted octanol–water partition coefficient (Wildman–Crippen LogP) is 3.76. The Balaban J connectivity index is 1.96. The van der Waals surface area contributed by atoms with Crippen molar-refractivity contribution in [1.82, 2.24) is 14.9 Å². The van der Waals surface area contributed by atoms with Crippen LogP contribution in [0.5, 0.6) is 0 Å². The van der Waals surface area contributed by atoms with Gasteiger partial charge < -0.3 is 4.98 Å². The smallest absolute Gasteiger partial charge is 0.124 e. The van der Waals surface area contributed by atoms with Gasteiger partial charge in [-0.2, -0.15) is 0 Å². The van der Waals surface area contributed by atoms with Gasteiger partial charge in [0.15, 0.2) is 0 Å². The molecule has 3 nitrogen and oxygen atoms in total. The van der Waals surface area contributed by atoms with Crippen LogP contribution in [0.4, 0.5) is 0 Å². The molecule has 1 aromatic carbocycles. The van der Waals surface area contributed by atoms with Crippen LogP contribution >= 0.6 is 11.6 Å². The Morgan fingerprint density at radius 2 is 2.17 bits per heavy atom. The van der Waals surface area contributed by atoms with E-state index in [9.17, 15) is 0 Å². The minimum atomic E-state index is 0.415. The van der Waals surface area contributed by atoms with Crippen molar-refractivity contribution in [2.75, 3.05) is 13.1 Å². The lowest BCUT2D eigenvalue weighted by Crippen LogP contribution is -2.25. The van der Waals surface area contributed by atoms with E-state index in [-0.39, 0.29) is 0 Å². The normalized spacial score (nSPS) is 18.6. The second-order valence-corrected chi connectivity index (χ2v) is 5.39. The number of aromatic nitrogens is 2. The maximum Gasteiger partial charge on any atom is 0.124 e. The number of halogens is 1. The van der Waals surface area contributed by atoms with E-state index in [1.807, 2.05) is 18.2 Å². The zero-order valence-electron chi connectivity index (χ0n) is 10.6. The molecular weight excluding hydrogens is 246 g/mol. The monoisotopic (exact) mass is 263 g/mol. The Labute approximate surface area is 112 Å². The van der Waals surface area contributed by atoms with E-state index in [1.165, 1.54) is 25.9 Å². The van der Waals surface area contributed by atoms with Crippen LogP contribution in [0.2, 0.25) is 5.02 Å². The molecule has 0 saturated carbocycles. The number of nitrogens with one attached hydrogen (secondary N) is 1. The van der Waals surface area contributed by atoms with Gasteiger partial charge in [0.2, 0.25) is 0 Å². The summed E-state index contributed by atoms with van der Waals surface area (Å²) in [5, 5.41) is 0.756. The molecule has 1 unspecified atom stereocenters. The minimum Gasteiger partial charge on any atom is -0.341 e. The molecular formula is C14H18ClN3.